The summed E-state index contributed by atoms with van der Waals surface area (Å²) in [5.74, 6) is -1.03. The number of nitrogens with two attached hydrogens (primary N) is 1. The van der Waals surface area contributed by atoms with Crippen LogP contribution < -0.4 is 11.4 Å². The number of rotatable bonds is 9. The molecule has 17 heteroatoms. The lowest BCUT2D eigenvalue weighted by Crippen LogP contribution is -2.42. The molecule has 1 aromatic heterocycles. The molecule has 4 N–H and O–H groups in total. The number of esters is 1. The summed E-state index contributed by atoms with van der Waals surface area (Å²) in [7, 11) is -3.60. The fourth-order valence-electron chi connectivity index (χ4n) is 2.71. The third kappa shape index (κ3) is 5.42. The Balaban J connectivity index is 2.20. The molecule has 15 nitrogen and oxygen atoms in total. The van der Waals surface area contributed by atoms with Gasteiger partial charge in [0.05, 0.1) is 12.7 Å². The molecule has 0 bridgehead atoms. The standard InChI is InChI=1S/C15H23FN7O8P/c1-7(2)30-13(25)8(3)23(27)32(28)29-6-15(20-21-18)11(16)10(24)12(31-15)22-5-4-9(17)19-14(22)26/h4-5,7-8,10-12,24,27,32H,6H2,1-3H3,(H2,17,19,26)/t8?,10-,11+,12-,15-/m1/s1. The van der Waals surface area contributed by atoms with E-state index in [2.05, 4.69) is 15.0 Å². The first kappa shape index (κ1) is 25.7. The van der Waals surface area contributed by atoms with E-state index in [0.717, 1.165) is 6.20 Å². The van der Waals surface area contributed by atoms with E-state index in [9.17, 15) is 28.9 Å². The summed E-state index contributed by atoms with van der Waals surface area (Å²) in [4.78, 5) is 29.8. The Kier molecular flexibility index (Phi) is 8.31. The zero-order chi connectivity index (χ0) is 24.2. The third-order valence-electron chi connectivity index (χ3n) is 4.34. The van der Waals surface area contributed by atoms with Crippen LogP contribution in [-0.2, 0) is 23.4 Å². The number of nitrogens with zero attached hydrogens (tertiary/aromatic N) is 6. The van der Waals surface area contributed by atoms with Gasteiger partial charge in [-0.25, -0.2) is 9.18 Å². The van der Waals surface area contributed by atoms with E-state index in [1.807, 2.05) is 0 Å². The average Bonchev–Trinajstić information content (AvgIpc) is 2.96. The van der Waals surface area contributed by atoms with Gasteiger partial charge in [-0.2, -0.15) is 4.98 Å². The minimum atomic E-state index is -3.60. The predicted molar refractivity (Wildman–Crippen MR) is 105 cm³/mol. The van der Waals surface area contributed by atoms with E-state index in [1.165, 1.54) is 13.0 Å². The minimum Gasteiger partial charge on any atom is -0.462 e. The zero-order valence-electron chi connectivity index (χ0n) is 17.2. The van der Waals surface area contributed by atoms with Gasteiger partial charge in [0.25, 0.3) is 8.18 Å². The van der Waals surface area contributed by atoms with Gasteiger partial charge in [0.1, 0.15) is 18.0 Å². The molecule has 0 aromatic carbocycles. The second-order valence-electron chi connectivity index (χ2n) is 7.04. The van der Waals surface area contributed by atoms with Crippen LogP contribution in [0.3, 0.4) is 0 Å². The maximum Gasteiger partial charge on any atom is 0.351 e. The smallest absolute Gasteiger partial charge is 0.351 e. The lowest BCUT2D eigenvalue weighted by Gasteiger charge is -2.27. The second-order valence-corrected chi connectivity index (χ2v) is 8.32. The van der Waals surface area contributed by atoms with E-state index in [4.69, 9.17) is 25.3 Å². The first-order valence-electron chi connectivity index (χ1n) is 9.19. The fourth-order valence-corrected chi connectivity index (χ4v) is 3.60. The van der Waals surface area contributed by atoms with Crippen molar-refractivity contribution in [2.75, 3.05) is 12.3 Å². The number of carbonyl (C=O) groups is 1. The molecule has 0 amide bonds. The SMILES string of the molecule is CC(C)OC(=O)C(C)N(O)[PH](=O)OC[C@@]1(N=[N+]=[N-])O[C@@H](n2ccc(N)nc2=O)[C@H](O)[C@@H]1F. The summed E-state index contributed by atoms with van der Waals surface area (Å²) in [5, 5.41) is 23.4. The zero-order valence-corrected chi connectivity index (χ0v) is 18.2. The van der Waals surface area contributed by atoms with Crippen molar-refractivity contribution in [2.45, 2.75) is 57.1 Å². The van der Waals surface area contributed by atoms with Crippen molar-refractivity contribution in [3.8, 4) is 0 Å². The van der Waals surface area contributed by atoms with Gasteiger partial charge >= 0.3 is 11.7 Å². The van der Waals surface area contributed by atoms with E-state index < -0.39 is 62.8 Å². The molecule has 6 atom stereocenters. The molecular weight excluding hydrogens is 456 g/mol. The number of ether oxygens (including phenoxy) is 2. The average molecular weight is 479 g/mol. The van der Waals surface area contributed by atoms with Crippen molar-refractivity contribution >= 4 is 20.0 Å². The number of carbonyl (C=O) groups excluding carboxylic acids is 1. The third-order valence-corrected chi connectivity index (χ3v) is 5.49. The van der Waals surface area contributed by atoms with Crippen molar-refractivity contribution in [3.05, 3.63) is 33.2 Å². The Morgan fingerprint density at radius 1 is 1.59 bits per heavy atom. The number of aliphatic hydroxyl groups is 1. The molecule has 1 fully saturated rings. The van der Waals surface area contributed by atoms with Crippen LogP contribution in [0.2, 0.25) is 0 Å². The fraction of sp³-hybridized carbons (Fsp3) is 0.667. The first-order chi connectivity index (χ1) is 14.9. The van der Waals surface area contributed by atoms with Crippen LogP contribution in [-0.4, -0.2) is 67.4 Å². The number of anilines is 1. The number of hydroxylamine groups is 1. The van der Waals surface area contributed by atoms with Gasteiger partial charge in [0.2, 0.25) is 5.72 Å². The molecule has 0 radical (unpaired) electrons. The molecule has 178 valence electrons. The molecule has 0 aliphatic carbocycles. The molecule has 1 aliphatic heterocycles. The van der Waals surface area contributed by atoms with Gasteiger partial charge in [-0.15, -0.1) is 4.83 Å². The normalized spacial score (nSPS) is 27.2. The maximum absolute atomic E-state index is 14.9. The molecule has 1 saturated heterocycles. The molecule has 0 saturated carbocycles. The van der Waals surface area contributed by atoms with E-state index in [1.54, 1.807) is 13.8 Å². The minimum absolute atomic E-state index is 0.0731. The Hall–Kier alpha value is -2.58. The van der Waals surface area contributed by atoms with Crippen LogP contribution in [0.5, 0.6) is 0 Å². The second kappa shape index (κ2) is 10.4. The molecule has 1 aromatic rings. The van der Waals surface area contributed by atoms with Gasteiger partial charge in [-0.05, 0) is 32.4 Å². The summed E-state index contributed by atoms with van der Waals surface area (Å²) >= 11 is 0. The Labute approximate surface area is 181 Å². The Morgan fingerprint density at radius 2 is 2.25 bits per heavy atom. The number of hydrogen-bond donors (Lipinski definition) is 3. The van der Waals surface area contributed by atoms with E-state index >= 15 is 0 Å². The summed E-state index contributed by atoms with van der Waals surface area (Å²) < 4.78 is 43.0. The molecule has 0 spiro atoms. The van der Waals surface area contributed by atoms with Gasteiger partial charge in [-0.1, -0.05) is 5.11 Å². The summed E-state index contributed by atoms with van der Waals surface area (Å²) in [5.41, 5.74) is 10.7. The molecular formula is C15H23FN7O8P. The number of azide groups is 1. The van der Waals surface area contributed by atoms with Crippen molar-refractivity contribution in [1.82, 2.24) is 14.4 Å². The van der Waals surface area contributed by atoms with Crippen molar-refractivity contribution in [2.24, 2.45) is 5.11 Å². The van der Waals surface area contributed by atoms with Gasteiger partial charge in [-0.3, -0.25) is 13.9 Å². The lowest BCUT2D eigenvalue weighted by molar-refractivity contribution is -0.162. The highest BCUT2D eigenvalue weighted by molar-refractivity contribution is 7.36. The van der Waals surface area contributed by atoms with Crippen molar-refractivity contribution in [1.29, 1.82) is 0 Å². The molecule has 32 heavy (non-hydrogen) atoms. The maximum atomic E-state index is 14.9. The topological polar surface area (TPSA) is 215 Å². The number of hydrogen-bond acceptors (Lipinski definition) is 11. The van der Waals surface area contributed by atoms with Crippen molar-refractivity contribution < 1.29 is 38.1 Å². The quantitative estimate of drug-likeness (QED) is 0.111. The monoisotopic (exact) mass is 479 g/mol. The van der Waals surface area contributed by atoms with Gasteiger partial charge in [0, 0.05) is 11.1 Å². The number of aromatic nitrogens is 2. The van der Waals surface area contributed by atoms with Crippen molar-refractivity contribution in [3.63, 3.8) is 0 Å². The summed E-state index contributed by atoms with van der Waals surface area (Å²) in [6, 6.07) is -0.211. The molecule has 2 unspecified atom stereocenters. The van der Waals surface area contributed by atoms with Gasteiger partial charge in [0.15, 0.2) is 12.4 Å². The van der Waals surface area contributed by atoms with Crippen LogP contribution in [0.15, 0.2) is 22.2 Å². The van der Waals surface area contributed by atoms with Crippen LogP contribution in [0.25, 0.3) is 10.4 Å². The van der Waals surface area contributed by atoms with Crippen LogP contribution in [0.4, 0.5) is 10.2 Å². The number of aliphatic hydroxyl groups excluding tert-OH is 1. The summed E-state index contributed by atoms with van der Waals surface area (Å²) in [6.45, 7) is 3.28. The predicted octanol–water partition coefficient (Wildman–Crippen LogP) is 0.497. The van der Waals surface area contributed by atoms with Crippen LogP contribution in [0.1, 0.15) is 27.0 Å². The van der Waals surface area contributed by atoms with Crippen LogP contribution in [0, 0.1) is 0 Å². The Bertz CT molecular complexity index is 973. The van der Waals surface area contributed by atoms with E-state index in [-0.39, 0.29) is 10.7 Å². The lowest BCUT2D eigenvalue weighted by atomic mass is 10.1. The highest BCUT2D eigenvalue weighted by Gasteiger charge is 2.57. The number of alkyl halides is 1. The molecule has 2 heterocycles. The van der Waals surface area contributed by atoms with E-state index in [0.29, 0.717) is 4.57 Å². The summed E-state index contributed by atoms with van der Waals surface area (Å²) in [6.07, 6.45) is -5.55. The number of nitrogen functional groups attached to an aromatic ring is 1. The van der Waals surface area contributed by atoms with Gasteiger partial charge < -0.3 is 30.0 Å². The molecule has 1 aliphatic rings. The molecule has 2 rings (SSSR count). The first-order valence-corrected chi connectivity index (χ1v) is 10.5. The Morgan fingerprint density at radius 3 is 2.81 bits per heavy atom. The number of halogens is 1. The largest absolute Gasteiger partial charge is 0.462 e. The highest BCUT2D eigenvalue weighted by atomic mass is 31.1. The highest BCUT2D eigenvalue weighted by Crippen LogP contribution is 2.42. The van der Waals surface area contributed by atoms with Crippen LogP contribution >= 0.6 is 8.18 Å².